The minimum Gasteiger partial charge on any atom is -0.384 e. The van der Waals surface area contributed by atoms with Crippen LogP contribution in [0.15, 0.2) is 28.7 Å². The van der Waals surface area contributed by atoms with E-state index < -0.39 is 10.0 Å². The number of rotatable bonds is 5. The zero-order valence-electron chi connectivity index (χ0n) is 10.9. The molecule has 19 heavy (non-hydrogen) atoms. The number of methoxy groups -OCH3 is 1. The second kappa shape index (κ2) is 6.35. The number of benzene rings is 1. The molecule has 1 aliphatic rings. The Balaban J connectivity index is 2.22. The molecule has 1 aromatic rings. The van der Waals surface area contributed by atoms with E-state index in [2.05, 4.69) is 15.9 Å². The molecular weight excluding hydrogens is 330 g/mol. The minimum atomic E-state index is -3.24. The fraction of sp³-hybridized carbons (Fsp3) is 0.538. The molecule has 0 amide bonds. The maximum Gasteiger partial charge on any atom is 0.216 e. The molecule has 1 fully saturated rings. The predicted molar refractivity (Wildman–Crippen MR) is 78.5 cm³/mol. The van der Waals surface area contributed by atoms with Crippen LogP contribution in [0.1, 0.15) is 24.4 Å². The maximum absolute atomic E-state index is 12.3. The van der Waals surface area contributed by atoms with Crippen LogP contribution < -0.4 is 0 Å². The van der Waals surface area contributed by atoms with Gasteiger partial charge in [-0.3, -0.25) is 0 Å². The van der Waals surface area contributed by atoms with E-state index in [9.17, 15) is 8.42 Å². The lowest BCUT2D eigenvalue weighted by Gasteiger charge is -2.24. The number of hydrogen-bond donors (Lipinski definition) is 0. The molecule has 6 heteroatoms. The molecular formula is C13H18BrNO3S. The molecule has 1 heterocycles. The van der Waals surface area contributed by atoms with Crippen molar-refractivity contribution < 1.29 is 13.2 Å². The van der Waals surface area contributed by atoms with Crippen molar-refractivity contribution in [1.29, 1.82) is 0 Å². The smallest absolute Gasteiger partial charge is 0.216 e. The summed E-state index contributed by atoms with van der Waals surface area (Å²) < 4.78 is 32.1. The summed E-state index contributed by atoms with van der Waals surface area (Å²) in [6.45, 7) is 0.841. The summed E-state index contributed by atoms with van der Waals surface area (Å²) in [6, 6.07) is 7.83. The zero-order chi connectivity index (χ0) is 13.9. The molecule has 0 aliphatic carbocycles. The number of sulfonamides is 1. The number of ether oxygens (including phenoxy) is 1. The van der Waals surface area contributed by atoms with Gasteiger partial charge in [0.15, 0.2) is 0 Å². The standard InChI is InChI=1S/C13H18BrNO3S/c1-18-8-9-19(16,17)15-7-3-6-13(15)11-4-2-5-12(14)10-11/h2,4-5,10,13H,3,6-9H2,1H3/t13-/m1/s1. The minimum absolute atomic E-state index is 0.0423. The second-order valence-corrected chi connectivity index (χ2v) is 7.59. The highest BCUT2D eigenvalue weighted by Gasteiger charge is 2.34. The maximum atomic E-state index is 12.3. The zero-order valence-corrected chi connectivity index (χ0v) is 13.3. The monoisotopic (exact) mass is 347 g/mol. The van der Waals surface area contributed by atoms with E-state index in [1.807, 2.05) is 24.3 Å². The van der Waals surface area contributed by atoms with Gasteiger partial charge >= 0.3 is 0 Å². The van der Waals surface area contributed by atoms with Crippen LogP contribution in [0.4, 0.5) is 0 Å². The van der Waals surface area contributed by atoms with E-state index in [1.165, 1.54) is 7.11 Å². The van der Waals surface area contributed by atoms with Gasteiger partial charge in [-0.25, -0.2) is 8.42 Å². The fourth-order valence-corrected chi connectivity index (χ4v) is 4.48. The van der Waals surface area contributed by atoms with Crippen molar-refractivity contribution in [3.63, 3.8) is 0 Å². The van der Waals surface area contributed by atoms with Crippen LogP contribution in [0.3, 0.4) is 0 Å². The Morgan fingerprint density at radius 3 is 2.95 bits per heavy atom. The Morgan fingerprint density at radius 1 is 1.47 bits per heavy atom. The van der Waals surface area contributed by atoms with Crippen LogP contribution in [0, 0.1) is 0 Å². The lowest BCUT2D eigenvalue weighted by Crippen LogP contribution is -2.33. The Kier molecular flexibility index (Phi) is 5.00. The Morgan fingerprint density at radius 2 is 2.26 bits per heavy atom. The van der Waals surface area contributed by atoms with Crippen molar-refractivity contribution >= 4 is 26.0 Å². The van der Waals surface area contributed by atoms with E-state index in [0.717, 1.165) is 22.9 Å². The van der Waals surface area contributed by atoms with Gasteiger partial charge < -0.3 is 4.74 Å². The number of hydrogen-bond acceptors (Lipinski definition) is 3. The molecule has 1 aliphatic heterocycles. The van der Waals surface area contributed by atoms with Crippen LogP contribution >= 0.6 is 15.9 Å². The van der Waals surface area contributed by atoms with Crippen LogP contribution in [0.2, 0.25) is 0 Å². The van der Waals surface area contributed by atoms with E-state index in [4.69, 9.17) is 4.74 Å². The lowest BCUT2D eigenvalue weighted by atomic mass is 10.1. The first-order valence-corrected chi connectivity index (χ1v) is 8.69. The van der Waals surface area contributed by atoms with Crippen molar-refractivity contribution in [2.75, 3.05) is 26.0 Å². The van der Waals surface area contributed by atoms with Crippen LogP contribution in [-0.4, -0.2) is 38.7 Å². The first kappa shape index (κ1) is 15.0. The Bertz CT molecular complexity index is 532. The van der Waals surface area contributed by atoms with Crippen LogP contribution in [0.25, 0.3) is 0 Å². The van der Waals surface area contributed by atoms with Gasteiger partial charge in [-0.1, -0.05) is 28.1 Å². The van der Waals surface area contributed by atoms with E-state index >= 15 is 0 Å². The van der Waals surface area contributed by atoms with Gasteiger partial charge in [-0.15, -0.1) is 0 Å². The van der Waals surface area contributed by atoms with Crippen molar-refractivity contribution in [3.05, 3.63) is 34.3 Å². The van der Waals surface area contributed by atoms with Gasteiger partial charge in [0.05, 0.1) is 12.4 Å². The third kappa shape index (κ3) is 3.56. The lowest BCUT2D eigenvalue weighted by molar-refractivity contribution is 0.215. The molecule has 0 unspecified atom stereocenters. The summed E-state index contributed by atoms with van der Waals surface area (Å²) >= 11 is 3.43. The summed E-state index contributed by atoms with van der Waals surface area (Å²) in [5.41, 5.74) is 1.05. The molecule has 0 spiro atoms. The molecule has 1 saturated heterocycles. The molecule has 4 nitrogen and oxygen atoms in total. The highest BCUT2D eigenvalue weighted by Crippen LogP contribution is 2.35. The molecule has 1 aromatic carbocycles. The van der Waals surface area contributed by atoms with Crippen molar-refractivity contribution in [3.8, 4) is 0 Å². The first-order valence-electron chi connectivity index (χ1n) is 6.28. The van der Waals surface area contributed by atoms with Gasteiger partial charge in [0.1, 0.15) is 0 Å². The molecule has 0 saturated carbocycles. The average Bonchev–Trinajstić information content (AvgIpc) is 2.86. The molecule has 0 bridgehead atoms. The SMILES string of the molecule is COCCS(=O)(=O)N1CCC[C@@H]1c1cccc(Br)c1. The van der Waals surface area contributed by atoms with Gasteiger partial charge in [-0.2, -0.15) is 4.31 Å². The third-order valence-electron chi connectivity index (χ3n) is 3.34. The summed E-state index contributed by atoms with van der Waals surface area (Å²) in [7, 11) is -1.72. The number of nitrogens with zero attached hydrogens (tertiary/aromatic N) is 1. The second-order valence-electron chi connectivity index (χ2n) is 4.63. The first-order chi connectivity index (χ1) is 9.04. The highest BCUT2D eigenvalue weighted by molar-refractivity contribution is 9.10. The highest BCUT2D eigenvalue weighted by atomic mass is 79.9. The summed E-state index contributed by atoms with van der Waals surface area (Å²) in [6.07, 6.45) is 1.78. The molecule has 106 valence electrons. The average molecular weight is 348 g/mol. The molecule has 0 N–H and O–H groups in total. The van der Waals surface area contributed by atoms with Gasteiger partial charge in [0.2, 0.25) is 10.0 Å². The summed E-state index contributed by atoms with van der Waals surface area (Å²) in [5.74, 6) is 0.0496. The summed E-state index contributed by atoms with van der Waals surface area (Å²) in [5, 5.41) is 0. The largest absolute Gasteiger partial charge is 0.384 e. The van der Waals surface area contributed by atoms with Crippen molar-refractivity contribution in [1.82, 2.24) is 4.31 Å². The predicted octanol–water partition coefficient (Wildman–Crippen LogP) is 2.56. The van der Waals surface area contributed by atoms with E-state index in [-0.39, 0.29) is 18.4 Å². The van der Waals surface area contributed by atoms with E-state index in [0.29, 0.717) is 6.54 Å². The number of halogens is 1. The topological polar surface area (TPSA) is 46.6 Å². The third-order valence-corrected chi connectivity index (χ3v) is 5.67. The van der Waals surface area contributed by atoms with Crippen molar-refractivity contribution in [2.24, 2.45) is 0 Å². The molecule has 0 aromatic heterocycles. The fourth-order valence-electron chi connectivity index (χ4n) is 2.43. The van der Waals surface area contributed by atoms with Gasteiger partial charge in [0, 0.05) is 24.2 Å². The van der Waals surface area contributed by atoms with E-state index in [1.54, 1.807) is 4.31 Å². The van der Waals surface area contributed by atoms with Gasteiger partial charge in [0.25, 0.3) is 0 Å². The van der Waals surface area contributed by atoms with Crippen molar-refractivity contribution in [2.45, 2.75) is 18.9 Å². The summed E-state index contributed by atoms with van der Waals surface area (Å²) in [4.78, 5) is 0. The Hall–Kier alpha value is -0.430. The van der Waals surface area contributed by atoms with Gasteiger partial charge in [-0.05, 0) is 30.5 Å². The molecule has 1 atom stereocenters. The Labute approximate surface area is 122 Å². The quantitative estimate of drug-likeness (QED) is 0.822. The normalized spacial score (nSPS) is 20.8. The molecule has 0 radical (unpaired) electrons. The van der Waals surface area contributed by atoms with Crippen LogP contribution in [0.5, 0.6) is 0 Å². The molecule has 2 rings (SSSR count). The van der Waals surface area contributed by atoms with Crippen LogP contribution in [-0.2, 0) is 14.8 Å².